The molecule has 5 heteroatoms. The normalized spacial score (nSPS) is 16.9. The standard InChI is InChI=1S/C18H23N3O.ClH/c1-13-11-17(18(22)20-12-15-7-6-10-19-15)14(2)21(13)16-8-4-3-5-9-16;/h3-5,8-9,11,15,19H,6-7,10,12H2,1-2H3,(H,20,22);1H. The second-order valence-electron chi connectivity index (χ2n) is 5.96. The summed E-state index contributed by atoms with van der Waals surface area (Å²) in [7, 11) is 0. The van der Waals surface area contributed by atoms with Crippen LogP contribution in [0.15, 0.2) is 36.4 Å². The highest BCUT2D eigenvalue weighted by Crippen LogP contribution is 2.20. The van der Waals surface area contributed by atoms with Gasteiger partial charge in [-0.2, -0.15) is 0 Å². The molecule has 1 fully saturated rings. The van der Waals surface area contributed by atoms with Crippen molar-refractivity contribution in [2.45, 2.75) is 32.7 Å². The third-order valence-electron chi connectivity index (χ3n) is 4.36. The number of aryl methyl sites for hydroxylation is 1. The summed E-state index contributed by atoms with van der Waals surface area (Å²) >= 11 is 0. The number of nitrogens with one attached hydrogen (secondary N) is 2. The number of hydrogen-bond donors (Lipinski definition) is 2. The molecule has 3 rings (SSSR count). The number of aromatic nitrogens is 1. The predicted octanol–water partition coefficient (Wildman–Crippen LogP) is 3.00. The van der Waals surface area contributed by atoms with E-state index in [2.05, 4.69) is 27.3 Å². The van der Waals surface area contributed by atoms with Crippen LogP contribution in [-0.2, 0) is 0 Å². The van der Waals surface area contributed by atoms with Crippen molar-refractivity contribution in [3.05, 3.63) is 53.3 Å². The Balaban J connectivity index is 0.00000192. The number of rotatable bonds is 4. The molecule has 0 bridgehead atoms. The summed E-state index contributed by atoms with van der Waals surface area (Å²) in [6.45, 7) is 5.80. The number of benzene rings is 1. The zero-order valence-corrected chi connectivity index (χ0v) is 14.5. The van der Waals surface area contributed by atoms with E-state index in [9.17, 15) is 4.79 Å². The van der Waals surface area contributed by atoms with E-state index in [4.69, 9.17) is 0 Å². The highest BCUT2D eigenvalue weighted by atomic mass is 35.5. The number of nitrogens with zero attached hydrogens (tertiary/aromatic N) is 1. The van der Waals surface area contributed by atoms with Gasteiger partial charge in [0.25, 0.3) is 5.91 Å². The smallest absolute Gasteiger partial charge is 0.253 e. The van der Waals surface area contributed by atoms with E-state index < -0.39 is 0 Å². The van der Waals surface area contributed by atoms with Gasteiger partial charge in [-0.1, -0.05) is 18.2 Å². The van der Waals surface area contributed by atoms with Crippen LogP contribution in [0.5, 0.6) is 0 Å². The maximum absolute atomic E-state index is 12.5. The number of hydrogen-bond acceptors (Lipinski definition) is 2. The molecule has 1 aliphatic rings. The van der Waals surface area contributed by atoms with Crippen LogP contribution >= 0.6 is 12.4 Å². The number of halogens is 1. The van der Waals surface area contributed by atoms with E-state index in [-0.39, 0.29) is 18.3 Å². The lowest BCUT2D eigenvalue weighted by molar-refractivity contribution is 0.0949. The van der Waals surface area contributed by atoms with E-state index in [0.717, 1.165) is 35.6 Å². The third kappa shape index (κ3) is 3.77. The Hall–Kier alpha value is -1.78. The first-order chi connectivity index (χ1) is 10.7. The molecule has 1 aliphatic heterocycles. The fourth-order valence-corrected chi connectivity index (χ4v) is 3.21. The molecule has 1 atom stereocenters. The van der Waals surface area contributed by atoms with Gasteiger partial charge in [0.1, 0.15) is 0 Å². The zero-order chi connectivity index (χ0) is 15.5. The molecular weight excluding hydrogens is 310 g/mol. The van der Waals surface area contributed by atoms with Crippen molar-refractivity contribution >= 4 is 18.3 Å². The van der Waals surface area contributed by atoms with Gasteiger partial charge in [-0.15, -0.1) is 12.4 Å². The number of amides is 1. The van der Waals surface area contributed by atoms with Crippen LogP contribution in [0.3, 0.4) is 0 Å². The van der Waals surface area contributed by atoms with Gasteiger partial charge in [0.15, 0.2) is 0 Å². The second-order valence-corrected chi connectivity index (χ2v) is 5.96. The van der Waals surface area contributed by atoms with E-state index in [1.54, 1.807) is 0 Å². The topological polar surface area (TPSA) is 46.1 Å². The minimum atomic E-state index is 0. The van der Waals surface area contributed by atoms with Gasteiger partial charge in [0.05, 0.1) is 5.56 Å². The van der Waals surface area contributed by atoms with Crippen LogP contribution in [0.1, 0.15) is 34.6 Å². The van der Waals surface area contributed by atoms with Gasteiger partial charge in [0, 0.05) is 29.7 Å². The second kappa shape index (κ2) is 7.66. The molecule has 2 aromatic rings. The van der Waals surface area contributed by atoms with Gasteiger partial charge in [0.2, 0.25) is 0 Å². The van der Waals surface area contributed by atoms with Crippen molar-refractivity contribution in [2.75, 3.05) is 13.1 Å². The van der Waals surface area contributed by atoms with Crippen molar-refractivity contribution in [3.63, 3.8) is 0 Å². The van der Waals surface area contributed by atoms with E-state index in [1.807, 2.05) is 38.1 Å². The van der Waals surface area contributed by atoms with Crippen LogP contribution < -0.4 is 10.6 Å². The Morgan fingerprint density at radius 3 is 2.70 bits per heavy atom. The van der Waals surface area contributed by atoms with Crippen molar-refractivity contribution < 1.29 is 4.79 Å². The maximum Gasteiger partial charge on any atom is 0.253 e. The summed E-state index contributed by atoms with van der Waals surface area (Å²) in [5, 5.41) is 6.46. The van der Waals surface area contributed by atoms with Crippen LogP contribution in [0.2, 0.25) is 0 Å². The van der Waals surface area contributed by atoms with E-state index >= 15 is 0 Å². The molecule has 1 unspecified atom stereocenters. The van der Waals surface area contributed by atoms with Crippen molar-refractivity contribution in [3.8, 4) is 5.69 Å². The highest BCUT2D eigenvalue weighted by Gasteiger charge is 2.19. The minimum absolute atomic E-state index is 0. The molecule has 1 amide bonds. The van der Waals surface area contributed by atoms with Gasteiger partial charge in [-0.25, -0.2) is 0 Å². The van der Waals surface area contributed by atoms with Gasteiger partial charge >= 0.3 is 0 Å². The molecule has 124 valence electrons. The molecule has 0 aliphatic carbocycles. The predicted molar refractivity (Wildman–Crippen MR) is 95.8 cm³/mol. The molecule has 2 heterocycles. The fourth-order valence-electron chi connectivity index (χ4n) is 3.21. The lowest BCUT2D eigenvalue weighted by Gasteiger charge is -2.12. The Labute approximate surface area is 143 Å². The van der Waals surface area contributed by atoms with E-state index in [1.165, 1.54) is 6.42 Å². The quantitative estimate of drug-likeness (QED) is 0.903. The Bertz CT molecular complexity index is 660. The number of carbonyl (C=O) groups excluding carboxylic acids is 1. The SMILES string of the molecule is Cc1cc(C(=O)NCC2CCCN2)c(C)n1-c1ccccc1.Cl. The van der Waals surface area contributed by atoms with Crippen LogP contribution in [0, 0.1) is 13.8 Å². The molecule has 2 N–H and O–H groups in total. The van der Waals surface area contributed by atoms with Crippen molar-refractivity contribution in [2.24, 2.45) is 0 Å². The molecule has 1 saturated heterocycles. The molecule has 23 heavy (non-hydrogen) atoms. The lowest BCUT2D eigenvalue weighted by atomic mass is 10.2. The third-order valence-corrected chi connectivity index (χ3v) is 4.36. The van der Waals surface area contributed by atoms with Crippen LogP contribution in [0.4, 0.5) is 0 Å². The average molecular weight is 334 g/mol. The largest absolute Gasteiger partial charge is 0.350 e. The first kappa shape index (κ1) is 17.6. The Morgan fingerprint density at radius 2 is 2.04 bits per heavy atom. The summed E-state index contributed by atoms with van der Waals surface area (Å²) in [5.74, 6) is 0.0176. The lowest BCUT2D eigenvalue weighted by Crippen LogP contribution is -2.37. The summed E-state index contributed by atoms with van der Waals surface area (Å²) < 4.78 is 2.13. The first-order valence-corrected chi connectivity index (χ1v) is 7.93. The highest BCUT2D eigenvalue weighted by molar-refractivity contribution is 5.96. The van der Waals surface area contributed by atoms with E-state index in [0.29, 0.717) is 12.6 Å². The van der Waals surface area contributed by atoms with Crippen molar-refractivity contribution in [1.29, 1.82) is 0 Å². The Morgan fingerprint density at radius 1 is 1.30 bits per heavy atom. The van der Waals surface area contributed by atoms with Crippen molar-refractivity contribution in [1.82, 2.24) is 15.2 Å². The number of para-hydroxylation sites is 1. The van der Waals surface area contributed by atoms with Gasteiger partial charge in [-0.05, 0) is 51.4 Å². The first-order valence-electron chi connectivity index (χ1n) is 7.93. The van der Waals surface area contributed by atoms with Gasteiger partial charge < -0.3 is 15.2 Å². The molecule has 0 saturated carbocycles. The average Bonchev–Trinajstić information content (AvgIpc) is 3.14. The summed E-state index contributed by atoms with van der Waals surface area (Å²) in [4.78, 5) is 12.5. The van der Waals surface area contributed by atoms with Gasteiger partial charge in [-0.3, -0.25) is 4.79 Å². The minimum Gasteiger partial charge on any atom is -0.350 e. The fraction of sp³-hybridized carbons (Fsp3) is 0.389. The molecule has 0 spiro atoms. The summed E-state index contributed by atoms with van der Waals surface area (Å²) in [6, 6.07) is 12.5. The molecular formula is C18H24ClN3O. The number of carbonyl (C=O) groups is 1. The molecule has 0 radical (unpaired) electrons. The Kier molecular flexibility index (Phi) is 5.85. The maximum atomic E-state index is 12.5. The monoisotopic (exact) mass is 333 g/mol. The summed E-state index contributed by atoms with van der Waals surface area (Å²) in [5.41, 5.74) is 3.92. The van der Waals surface area contributed by atoms with Crippen LogP contribution in [-0.4, -0.2) is 29.6 Å². The summed E-state index contributed by atoms with van der Waals surface area (Å²) in [6.07, 6.45) is 2.34. The zero-order valence-electron chi connectivity index (χ0n) is 13.6. The molecule has 1 aromatic heterocycles. The molecule has 4 nitrogen and oxygen atoms in total. The molecule has 1 aromatic carbocycles. The van der Waals surface area contributed by atoms with Crippen LogP contribution in [0.25, 0.3) is 5.69 Å².